The zero-order chi connectivity index (χ0) is 13.5. The van der Waals surface area contributed by atoms with E-state index in [1.807, 2.05) is 19.1 Å². The first kappa shape index (κ1) is 14.2. The molecule has 0 bridgehead atoms. The first-order chi connectivity index (χ1) is 8.54. The van der Waals surface area contributed by atoms with Crippen molar-refractivity contribution < 1.29 is 4.79 Å². The van der Waals surface area contributed by atoms with E-state index in [9.17, 15) is 4.79 Å². The van der Waals surface area contributed by atoms with Gasteiger partial charge in [-0.15, -0.1) is 0 Å². The van der Waals surface area contributed by atoms with Crippen molar-refractivity contribution in [1.29, 1.82) is 5.26 Å². The maximum Gasteiger partial charge on any atom is 0.223 e. The van der Waals surface area contributed by atoms with E-state index >= 15 is 0 Å². The minimum Gasteiger partial charge on any atom is -0.349 e. The molecule has 1 unspecified atom stereocenters. The second kappa shape index (κ2) is 6.77. The molecule has 0 aliphatic carbocycles. The molecule has 1 aromatic rings. The molecule has 1 N–H and O–H groups in total. The van der Waals surface area contributed by atoms with E-state index in [-0.39, 0.29) is 11.9 Å². The number of nitrogens with zero attached hydrogens (tertiary/aromatic N) is 2. The summed E-state index contributed by atoms with van der Waals surface area (Å²) in [6.07, 6.45) is 0.494. The van der Waals surface area contributed by atoms with Gasteiger partial charge in [0.25, 0.3) is 0 Å². The van der Waals surface area contributed by atoms with Gasteiger partial charge in [-0.2, -0.15) is 5.26 Å². The van der Waals surface area contributed by atoms with Gasteiger partial charge in [0.05, 0.1) is 11.6 Å². The van der Waals surface area contributed by atoms with E-state index < -0.39 is 0 Å². The van der Waals surface area contributed by atoms with E-state index in [0.717, 1.165) is 5.56 Å². The van der Waals surface area contributed by atoms with Gasteiger partial charge in [-0.3, -0.25) is 4.79 Å². The van der Waals surface area contributed by atoms with Crippen molar-refractivity contribution in [2.45, 2.75) is 19.4 Å². The van der Waals surface area contributed by atoms with Crippen molar-refractivity contribution in [2.24, 2.45) is 0 Å². The molecule has 1 rings (SSSR count). The maximum atomic E-state index is 11.4. The third kappa shape index (κ3) is 4.19. The fourth-order valence-corrected chi connectivity index (χ4v) is 1.58. The lowest BCUT2D eigenvalue weighted by Gasteiger charge is -2.15. The summed E-state index contributed by atoms with van der Waals surface area (Å²) in [5.41, 5.74) is 1.78. The molecular formula is C14H19N3O. The standard InChI is InChI=1S/C14H19N3O/c1-11(16-9-8-14(18)17(2)3)13-6-4-12(10-15)5-7-13/h4-7,11,16H,8-9H2,1-3H3. The number of rotatable bonds is 5. The SMILES string of the molecule is CC(NCCC(=O)N(C)C)c1ccc(C#N)cc1. The lowest BCUT2D eigenvalue weighted by molar-refractivity contribution is -0.128. The third-order valence-corrected chi connectivity index (χ3v) is 2.83. The lowest BCUT2D eigenvalue weighted by atomic mass is 10.1. The topological polar surface area (TPSA) is 56.1 Å². The average Bonchev–Trinajstić information content (AvgIpc) is 2.38. The Labute approximate surface area is 108 Å². The zero-order valence-corrected chi connectivity index (χ0v) is 11.1. The van der Waals surface area contributed by atoms with Crippen LogP contribution in [-0.2, 0) is 4.79 Å². The summed E-state index contributed by atoms with van der Waals surface area (Å²) < 4.78 is 0. The van der Waals surface area contributed by atoms with Gasteiger partial charge in [0, 0.05) is 33.1 Å². The van der Waals surface area contributed by atoms with Gasteiger partial charge >= 0.3 is 0 Å². The first-order valence-electron chi connectivity index (χ1n) is 5.98. The summed E-state index contributed by atoms with van der Waals surface area (Å²) in [7, 11) is 3.51. The number of hydrogen-bond donors (Lipinski definition) is 1. The van der Waals surface area contributed by atoms with Gasteiger partial charge in [-0.25, -0.2) is 0 Å². The molecule has 4 heteroatoms. The van der Waals surface area contributed by atoms with Gasteiger partial charge in [-0.1, -0.05) is 12.1 Å². The van der Waals surface area contributed by atoms with Crippen LogP contribution in [0.5, 0.6) is 0 Å². The Balaban J connectivity index is 2.43. The normalized spacial score (nSPS) is 11.7. The predicted octanol–water partition coefficient (Wildman–Crippen LogP) is 1.69. The van der Waals surface area contributed by atoms with Crippen molar-refractivity contribution in [1.82, 2.24) is 10.2 Å². The molecule has 4 nitrogen and oxygen atoms in total. The van der Waals surface area contributed by atoms with E-state index in [0.29, 0.717) is 18.5 Å². The summed E-state index contributed by atoms with van der Waals surface area (Å²) in [6.45, 7) is 2.69. The van der Waals surface area contributed by atoms with E-state index in [1.165, 1.54) is 0 Å². The number of nitriles is 1. The summed E-state index contributed by atoms with van der Waals surface area (Å²) in [5.74, 6) is 0.120. The van der Waals surface area contributed by atoms with Crippen LogP contribution in [0.25, 0.3) is 0 Å². The van der Waals surface area contributed by atoms with E-state index in [2.05, 4.69) is 11.4 Å². The molecule has 96 valence electrons. The largest absolute Gasteiger partial charge is 0.349 e. The van der Waals surface area contributed by atoms with E-state index in [4.69, 9.17) is 5.26 Å². The summed E-state index contributed by atoms with van der Waals surface area (Å²) in [4.78, 5) is 13.0. The second-order valence-corrected chi connectivity index (χ2v) is 4.45. The third-order valence-electron chi connectivity index (χ3n) is 2.83. The zero-order valence-electron chi connectivity index (χ0n) is 11.1. The molecule has 0 saturated heterocycles. The number of amides is 1. The highest BCUT2D eigenvalue weighted by molar-refractivity contribution is 5.75. The molecule has 0 spiro atoms. The summed E-state index contributed by atoms with van der Waals surface area (Å²) in [5, 5.41) is 12.0. The smallest absolute Gasteiger partial charge is 0.223 e. The highest BCUT2D eigenvalue weighted by atomic mass is 16.2. The van der Waals surface area contributed by atoms with Crippen LogP contribution < -0.4 is 5.32 Å². The van der Waals surface area contributed by atoms with Crippen LogP contribution in [0, 0.1) is 11.3 Å². The van der Waals surface area contributed by atoms with Gasteiger partial charge in [-0.05, 0) is 24.6 Å². The Bertz CT molecular complexity index is 431. The van der Waals surface area contributed by atoms with Crippen molar-refractivity contribution in [3.63, 3.8) is 0 Å². The Kier molecular flexibility index (Phi) is 5.34. The Morgan fingerprint density at radius 3 is 2.50 bits per heavy atom. The molecule has 0 saturated carbocycles. The average molecular weight is 245 g/mol. The number of carbonyl (C=O) groups is 1. The Morgan fingerprint density at radius 2 is 2.00 bits per heavy atom. The number of nitrogens with one attached hydrogen (secondary N) is 1. The van der Waals surface area contributed by atoms with Gasteiger partial charge in [0.1, 0.15) is 0 Å². The second-order valence-electron chi connectivity index (χ2n) is 4.45. The molecule has 1 amide bonds. The Hall–Kier alpha value is -1.86. The molecule has 0 aromatic heterocycles. The summed E-state index contributed by atoms with van der Waals surface area (Å²) >= 11 is 0. The molecule has 0 heterocycles. The van der Waals surface area contributed by atoms with Crippen LogP contribution >= 0.6 is 0 Å². The first-order valence-corrected chi connectivity index (χ1v) is 5.98. The van der Waals surface area contributed by atoms with Crippen LogP contribution in [0.1, 0.15) is 30.5 Å². The van der Waals surface area contributed by atoms with Gasteiger partial charge in [0.2, 0.25) is 5.91 Å². The van der Waals surface area contributed by atoms with Gasteiger partial charge < -0.3 is 10.2 Å². The molecule has 0 aliphatic rings. The molecular weight excluding hydrogens is 226 g/mol. The highest BCUT2D eigenvalue weighted by Gasteiger charge is 2.07. The van der Waals surface area contributed by atoms with Crippen molar-refractivity contribution in [3.8, 4) is 6.07 Å². The van der Waals surface area contributed by atoms with Crippen LogP contribution in [0.15, 0.2) is 24.3 Å². The lowest BCUT2D eigenvalue weighted by Crippen LogP contribution is -2.28. The van der Waals surface area contributed by atoms with Crippen LogP contribution in [0.3, 0.4) is 0 Å². The van der Waals surface area contributed by atoms with Gasteiger partial charge in [0.15, 0.2) is 0 Å². The molecule has 1 atom stereocenters. The monoisotopic (exact) mass is 245 g/mol. The molecule has 0 aliphatic heterocycles. The number of hydrogen-bond acceptors (Lipinski definition) is 3. The minimum absolute atomic E-state index is 0.120. The highest BCUT2D eigenvalue weighted by Crippen LogP contribution is 2.12. The number of carbonyl (C=O) groups excluding carboxylic acids is 1. The van der Waals surface area contributed by atoms with Crippen molar-refractivity contribution in [3.05, 3.63) is 35.4 Å². The maximum absolute atomic E-state index is 11.4. The Morgan fingerprint density at radius 1 is 1.39 bits per heavy atom. The minimum atomic E-state index is 0.120. The van der Waals surface area contributed by atoms with E-state index in [1.54, 1.807) is 31.1 Å². The van der Waals surface area contributed by atoms with Crippen molar-refractivity contribution in [2.75, 3.05) is 20.6 Å². The fraction of sp³-hybridized carbons (Fsp3) is 0.429. The molecule has 0 radical (unpaired) electrons. The molecule has 0 fully saturated rings. The molecule has 1 aromatic carbocycles. The quantitative estimate of drug-likeness (QED) is 0.858. The molecule has 18 heavy (non-hydrogen) atoms. The summed E-state index contributed by atoms with van der Waals surface area (Å²) in [6, 6.07) is 9.74. The van der Waals surface area contributed by atoms with Crippen molar-refractivity contribution >= 4 is 5.91 Å². The van der Waals surface area contributed by atoms with Crippen LogP contribution in [0.2, 0.25) is 0 Å². The van der Waals surface area contributed by atoms with Crippen LogP contribution in [-0.4, -0.2) is 31.4 Å². The predicted molar refractivity (Wildman–Crippen MR) is 70.9 cm³/mol. The fourth-order valence-electron chi connectivity index (χ4n) is 1.58. The number of benzene rings is 1. The van der Waals surface area contributed by atoms with Crippen LogP contribution in [0.4, 0.5) is 0 Å².